The Morgan fingerprint density at radius 1 is 1.33 bits per heavy atom. The van der Waals surface area contributed by atoms with Gasteiger partial charge in [0.25, 0.3) is 5.91 Å². The van der Waals surface area contributed by atoms with Crippen molar-refractivity contribution in [1.29, 1.82) is 0 Å². The highest BCUT2D eigenvalue weighted by molar-refractivity contribution is 6.37. The van der Waals surface area contributed by atoms with Crippen LogP contribution in [0.3, 0.4) is 0 Å². The standard InChI is InChI=1S/C11H13N3O4/c1-2-18-11(17)10(16)14-8-4-3-6(12)5-7(8)9(13)15/h3-5H,2,12H2,1H3,(H2,13,15)(H,14,16). The molecular weight excluding hydrogens is 238 g/mol. The number of carbonyl (C=O) groups is 3. The summed E-state index contributed by atoms with van der Waals surface area (Å²) in [6, 6.07) is 4.16. The molecule has 0 atom stereocenters. The predicted octanol–water partition coefficient (Wildman–Crippen LogP) is -0.131. The van der Waals surface area contributed by atoms with Gasteiger partial charge >= 0.3 is 11.9 Å². The molecule has 0 bridgehead atoms. The van der Waals surface area contributed by atoms with Crippen LogP contribution in [0.2, 0.25) is 0 Å². The third-order valence-corrected chi connectivity index (χ3v) is 2.02. The van der Waals surface area contributed by atoms with Gasteiger partial charge in [-0.15, -0.1) is 0 Å². The van der Waals surface area contributed by atoms with Crippen LogP contribution in [-0.4, -0.2) is 24.4 Å². The molecule has 7 heteroatoms. The molecule has 0 fully saturated rings. The monoisotopic (exact) mass is 251 g/mol. The lowest BCUT2D eigenvalue weighted by Gasteiger charge is -2.09. The van der Waals surface area contributed by atoms with Gasteiger partial charge in [-0.1, -0.05) is 0 Å². The topological polar surface area (TPSA) is 125 Å². The van der Waals surface area contributed by atoms with E-state index in [1.807, 2.05) is 0 Å². The van der Waals surface area contributed by atoms with Crippen LogP contribution in [-0.2, 0) is 14.3 Å². The number of nitrogens with one attached hydrogen (secondary N) is 1. The lowest BCUT2D eigenvalue weighted by atomic mass is 10.1. The van der Waals surface area contributed by atoms with Crippen LogP contribution in [0.4, 0.5) is 11.4 Å². The number of benzene rings is 1. The number of rotatable bonds is 3. The van der Waals surface area contributed by atoms with Gasteiger partial charge in [-0.2, -0.15) is 0 Å². The molecule has 0 spiro atoms. The lowest BCUT2D eigenvalue weighted by Crippen LogP contribution is -2.26. The van der Waals surface area contributed by atoms with E-state index in [-0.39, 0.29) is 17.9 Å². The van der Waals surface area contributed by atoms with E-state index in [1.165, 1.54) is 18.2 Å². The summed E-state index contributed by atoms with van der Waals surface area (Å²) < 4.78 is 4.51. The molecule has 0 aromatic heterocycles. The molecule has 2 amide bonds. The molecule has 1 aromatic carbocycles. The van der Waals surface area contributed by atoms with Gasteiger partial charge in [0.2, 0.25) is 0 Å². The summed E-state index contributed by atoms with van der Waals surface area (Å²) in [4.78, 5) is 33.7. The van der Waals surface area contributed by atoms with Crippen LogP contribution in [0.1, 0.15) is 17.3 Å². The molecule has 5 N–H and O–H groups in total. The van der Waals surface area contributed by atoms with Gasteiger partial charge in [0.15, 0.2) is 0 Å². The highest BCUT2D eigenvalue weighted by Crippen LogP contribution is 2.18. The fraction of sp³-hybridized carbons (Fsp3) is 0.182. The third-order valence-electron chi connectivity index (χ3n) is 2.02. The molecule has 0 saturated carbocycles. The number of amides is 2. The lowest BCUT2D eigenvalue weighted by molar-refractivity contribution is -0.152. The molecule has 0 aliphatic heterocycles. The van der Waals surface area contributed by atoms with Crippen molar-refractivity contribution in [3.63, 3.8) is 0 Å². The zero-order valence-corrected chi connectivity index (χ0v) is 9.73. The van der Waals surface area contributed by atoms with E-state index in [0.717, 1.165) is 0 Å². The quantitative estimate of drug-likeness (QED) is 0.392. The average Bonchev–Trinajstić information content (AvgIpc) is 2.31. The Bertz CT molecular complexity index is 499. The Balaban J connectivity index is 2.94. The Morgan fingerprint density at radius 3 is 2.56 bits per heavy atom. The minimum atomic E-state index is -1.04. The van der Waals surface area contributed by atoms with Crippen LogP contribution >= 0.6 is 0 Å². The van der Waals surface area contributed by atoms with E-state index >= 15 is 0 Å². The number of hydrogen-bond donors (Lipinski definition) is 3. The van der Waals surface area contributed by atoms with Crippen LogP contribution in [0.15, 0.2) is 18.2 Å². The van der Waals surface area contributed by atoms with E-state index in [2.05, 4.69) is 10.1 Å². The number of primary amides is 1. The molecule has 1 aromatic rings. The van der Waals surface area contributed by atoms with Crippen molar-refractivity contribution in [3.8, 4) is 0 Å². The van der Waals surface area contributed by atoms with Crippen molar-refractivity contribution in [2.75, 3.05) is 17.7 Å². The molecule has 0 aliphatic rings. The van der Waals surface area contributed by atoms with E-state index in [1.54, 1.807) is 6.92 Å². The molecule has 0 radical (unpaired) electrons. The zero-order valence-electron chi connectivity index (χ0n) is 9.73. The van der Waals surface area contributed by atoms with Gasteiger partial charge in [-0.3, -0.25) is 9.59 Å². The van der Waals surface area contributed by atoms with E-state index in [9.17, 15) is 14.4 Å². The Labute approximate surface area is 103 Å². The van der Waals surface area contributed by atoms with Crippen molar-refractivity contribution in [2.45, 2.75) is 6.92 Å². The fourth-order valence-electron chi connectivity index (χ4n) is 1.24. The van der Waals surface area contributed by atoms with E-state index in [4.69, 9.17) is 11.5 Å². The first-order chi connectivity index (χ1) is 8.45. The number of esters is 1. The summed E-state index contributed by atoms with van der Waals surface area (Å²) in [7, 11) is 0. The molecule has 0 unspecified atom stereocenters. The zero-order chi connectivity index (χ0) is 13.7. The summed E-state index contributed by atoms with van der Waals surface area (Å²) in [5.41, 5.74) is 11.1. The summed E-state index contributed by atoms with van der Waals surface area (Å²) in [6.07, 6.45) is 0. The van der Waals surface area contributed by atoms with Gasteiger partial charge in [-0.05, 0) is 25.1 Å². The first kappa shape index (κ1) is 13.5. The maximum absolute atomic E-state index is 11.4. The molecule has 1 rings (SSSR count). The number of hydrogen-bond acceptors (Lipinski definition) is 5. The van der Waals surface area contributed by atoms with Gasteiger partial charge in [0.1, 0.15) is 0 Å². The molecule has 96 valence electrons. The molecule has 0 heterocycles. The predicted molar refractivity (Wildman–Crippen MR) is 64.6 cm³/mol. The average molecular weight is 251 g/mol. The van der Waals surface area contributed by atoms with Crippen molar-refractivity contribution in [1.82, 2.24) is 0 Å². The van der Waals surface area contributed by atoms with Gasteiger partial charge < -0.3 is 21.5 Å². The van der Waals surface area contributed by atoms with Gasteiger partial charge in [0.05, 0.1) is 17.9 Å². The minimum absolute atomic E-state index is 0.0210. The van der Waals surface area contributed by atoms with E-state index < -0.39 is 17.8 Å². The molecule has 7 nitrogen and oxygen atoms in total. The molecule has 18 heavy (non-hydrogen) atoms. The summed E-state index contributed by atoms with van der Waals surface area (Å²) in [5.74, 6) is -2.78. The second-order valence-electron chi connectivity index (χ2n) is 3.34. The van der Waals surface area contributed by atoms with Crippen LogP contribution in [0, 0.1) is 0 Å². The first-order valence-electron chi connectivity index (χ1n) is 5.13. The second-order valence-corrected chi connectivity index (χ2v) is 3.34. The third kappa shape index (κ3) is 3.21. The number of nitrogen functional groups attached to an aromatic ring is 1. The summed E-state index contributed by atoms with van der Waals surface area (Å²) in [5, 5.41) is 2.23. The molecule has 0 aliphatic carbocycles. The normalized spacial score (nSPS) is 9.61. The van der Waals surface area contributed by atoms with Crippen molar-refractivity contribution >= 4 is 29.2 Å². The number of anilines is 2. The number of ether oxygens (including phenoxy) is 1. The maximum atomic E-state index is 11.4. The van der Waals surface area contributed by atoms with Crippen LogP contribution in [0.25, 0.3) is 0 Å². The van der Waals surface area contributed by atoms with Gasteiger partial charge in [0, 0.05) is 5.69 Å². The summed E-state index contributed by atoms with van der Waals surface area (Å²) in [6.45, 7) is 1.65. The second kappa shape index (κ2) is 5.67. The highest BCUT2D eigenvalue weighted by Gasteiger charge is 2.18. The molecular formula is C11H13N3O4. The Kier molecular flexibility index (Phi) is 4.25. The van der Waals surface area contributed by atoms with Crippen molar-refractivity contribution in [3.05, 3.63) is 23.8 Å². The highest BCUT2D eigenvalue weighted by atomic mass is 16.5. The van der Waals surface area contributed by atoms with Crippen LogP contribution in [0.5, 0.6) is 0 Å². The SMILES string of the molecule is CCOC(=O)C(=O)Nc1ccc(N)cc1C(N)=O. The fourth-order valence-corrected chi connectivity index (χ4v) is 1.24. The minimum Gasteiger partial charge on any atom is -0.459 e. The van der Waals surface area contributed by atoms with E-state index in [0.29, 0.717) is 5.69 Å². The first-order valence-corrected chi connectivity index (χ1v) is 5.13. The number of nitrogens with two attached hydrogens (primary N) is 2. The number of carbonyl (C=O) groups excluding carboxylic acids is 3. The largest absolute Gasteiger partial charge is 0.459 e. The Morgan fingerprint density at radius 2 is 2.00 bits per heavy atom. The smallest absolute Gasteiger partial charge is 0.397 e. The van der Waals surface area contributed by atoms with Crippen molar-refractivity contribution < 1.29 is 19.1 Å². The maximum Gasteiger partial charge on any atom is 0.397 e. The Hall–Kier alpha value is -2.57. The summed E-state index contributed by atoms with van der Waals surface area (Å²) >= 11 is 0. The molecule has 0 saturated heterocycles. The van der Waals surface area contributed by atoms with Gasteiger partial charge in [-0.25, -0.2) is 4.79 Å². The van der Waals surface area contributed by atoms with Crippen molar-refractivity contribution in [2.24, 2.45) is 5.73 Å². The van der Waals surface area contributed by atoms with Crippen LogP contribution < -0.4 is 16.8 Å².